The van der Waals surface area contributed by atoms with Gasteiger partial charge in [-0.05, 0) is 56.7 Å². The van der Waals surface area contributed by atoms with E-state index >= 15 is 0 Å². The standard InChI is InChI=1S/C29H41ClN6O3/c1-21(2)33-10-5-11-36(27(37)20-39-4)26-16-25(30)7-6-23(26)19-35(15-14-33)28(38)24-17-31-29(32-18-24)34-12-8-22(3)9-13-34/h6-7,16-18,21-22H,5,8-15,19-20H2,1-4H3. The van der Waals surface area contributed by atoms with E-state index in [9.17, 15) is 9.59 Å². The monoisotopic (exact) mass is 556 g/mol. The lowest BCUT2D eigenvalue weighted by Gasteiger charge is -2.31. The van der Waals surface area contributed by atoms with E-state index in [2.05, 4.69) is 40.5 Å². The van der Waals surface area contributed by atoms with Gasteiger partial charge in [0.1, 0.15) is 6.61 Å². The van der Waals surface area contributed by atoms with Gasteiger partial charge in [0.2, 0.25) is 5.95 Å². The lowest BCUT2D eigenvalue weighted by atomic mass is 10.00. The SMILES string of the molecule is COCC(=O)N1CCCN(C(C)C)CCN(C(=O)c2cnc(N3CCC(C)CC3)nc2)Cc2ccc(Cl)cc21. The van der Waals surface area contributed by atoms with Gasteiger partial charge in [-0.3, -0.25) is 14.5 Å². The van der Waals surface area contributed by atoms with Gasteiger partial charge in [-0.1, -0.05) is 24.6 Å². The van der Waals surface area contributed by atoms with E-state index in [0.29, 0.717) is 47.9 Å². The third kappa shape index (κ3) is 7.47. The molecule has 0 unspecified atom stereocenters. The summed E-state index contributed by atoms with van der Waals surface area (Å²) in [4.78, 5) is 44.2. The van der Waals surface area contributed by atoms with Gasteiger partial charge in [0.05, 0.1) is 11.3 Å². The Kier molecular flexibility index (Phi) is 10.2. The Morgan fingerprint density at radius 1 is 1.05 bits per heavy atom. The molecule has 1 fully saturated rings. The summed E-state index contributed by atoms with van der Waals surface area (Å²) >= 11 is 6.39. The molecule has 0 saturated carbocycles. The number of anilines is 2. The second-order valence-electron chi connectivity index (χ2n) is 10.9. The number of piperidine rings is 1. The van der Waals surface area contributed by atoms with Crippen molar-refractivity contribution in [2.45, 2.75) is 52.6 Å². The first-order chi connectivity index (χ1) is 18.8. The third-order valence-corrected chi connectivity index (χ3v) is 7.96. The van der Waals surface area contributed by atoms with Crippen molar-refractivity contribution in [2.75, 3.05) is 62.8 Å². The fourth-order valence-electron chi connectivity index (χ4n) is 5.26. The van der Waals surface area contributed by atoms with Crippen LogP contribution in [0.3, 0.4) is 0 Å². The number of hydrogen-bond acceptors (Lipinski definition) is 7. The molecule has 4 rings (SSSR count). The van der Waals surface area contributed by atoms with E-state index in [4.69, 9.17) is 16.3 Å². The summed E-state index contributed by atoms with van der Waals surface area (Å²) in [5.74, 6) is 1.13. The summed E-state index contributed by atoms with van der Waals surface area (Å²) in [5.41, 5.74) is 2.03. The maximum absolute atomic E-state index is 13.8. The lowest BCUT2D eigenvalue weighted by Crippen LogP contribution is -2.41. The number of halogens is 1. The van der Waals surface area contributed by atoms with Crippen LogP contribution in [0.1, 0.15) is 56.0 Å². The molecule has 1 aromatic carbocycles. The topological polar surface area (TPSA) is 82.1 Å². The zero-order valence-electron chi connectivity index (χ0n) is 23.6. The molecular weight excluding hydrogens is 516 g/mol. The van der Waals surface area contributed by atoms with Crippen molar-refractivity contribution in [1.29, 1.82) is 0 Å². The molecule has 3 heterocycles. The number of fused-ring (bicyclic) bond motifs is 1. The molecule has 0 N–H and O–H groups in total. The van der Waals surface area contributed by atoms with E-state index in [1.165, 1.54) is 7.11 Å². The van der Waals surface area contributed by atoms with Crippen LogP contribution in [0.15, 0.2) is 30.6 Å². The first kappa shape index (κ1) is 29.2. The fourth-order valence-corrected chi connectivity index (χ4v) is 5.42. The molecule has 2 aromatic rings. The minimum atomic E-state index is -0.134. The van der Waals surface area contributed by atoms with Gasteiger partial charge in [-0.15, -0.1) is 0 Å². The maximum Gasteiger partial charge on any atom is 0.257 e. The largest absolute Gasteiger partial charge is 0.375 e. The fraction of sp³-hybridized carbons (Fsp3) is 0.586. The Morgan fingerprint density at radius 3 is 2.44 bits per heavy atom. The van der Waals surface area contributed by atoms with Crippen molar-refractivity contribution in [3.63, 3.8) is 0 Å². The third-order valence-electron chi connectivity index (χ3n) is 7.72. The van der Waals surface area contributed by atoms with Crippen LogP contribution in [0.25, 0.3) is 0 Å². The van der Waals surface area contributed by atoms with Crippen molar-refractivity contribution in [3.05, 3.63) is 46.7 Å². The van der Waals surface area contributed by atoms with E-state index in [1.54, 1.807) is 23.4 Å². The Morgan fingerprint density at radius 2 is 1.77 bits per heavy atom. The number of methoxy groups -OCH3 is 1. The molecule has 1 aromatic heterocycles. The van der Waals surface area contributed by atoms with Gasteiger partial charge in [0.25, 0.3) is 11.8 Å². The summed E-state index contributed by atoms with van der Waals surface area (Å²) in [6, 6.07) is 5.82. The summed E-state index contributed by atoms with van der Waals surface area (Å²) in [6.45, 7) is 11.4. The predicted molar refractivity (Wildman–Crippen MR) is 154 cm³/mol. The maximum atomic E-state index is 13.8. The van der Waals surface area contributed by atoms with Gasteiger partial charge in [-0.25, -0.2) is 9.97 Å². The highest BCUT2D eigenvalue weighted by Gasteiger charge is 2.26. The Balaban J connectivity index is 1.63. The van der Waals surface area contributed by atoms with E-state index in [0.717, 1.165) is 56.9 Å². The van der Waals surface area contributed by atoms with Crippen LogP contribution >= 0.6 is 11.6 Å². The van der Waals surface area contributed by atoms with Crippen LogP contribution < -0.4 is 9.80 Å². The molecule has 0 radical (unpaired) electrons. The smallest absolute Gasteiger partial charge is 0.257 e. The van der Waals surface area contributed by atoms with Crippen molar-refractivity contribution in [2.24, 2.45) is 5.92 Å². The number of carbonyl (C=O) groups excluding carboxylic acids is 2. The van der Waals surface area contributed by atoms with Crippen molar-refractivity contribution >= 4 is 35.1 Å². The Labute approximate surface area is 237 Å². The normalized spacial score (nSPS) is 18.2. The van der Waals surface area contributed by atoms with Crippen molar-refractivity contribution in [3.8, 4) is 0 Å². The van der Waals surface area contributed by atoms with Crippen LogP contribution in [0.4, 0.5) is 11.6 Å². The molecule has 9 nitrogen and oxygen atoms in total. The first-order valence-electron chi connectivity index (χ1n) is 13.9. The molecule has 2 aliphatic rings. The molecule has 0 aliphatic carbocycles. The second kappa shape index (κ2) is 13.5. The van der Waals surface area contributed by atoms with E-state index < -0.39 is 0 Å². The number of amides is 2. The molecule has 2 amide bonds. The van der Waals surface area contributed by atoms with Crippen molar-refractivity contribution in [1.82, 2.24) is 19.8 Å². The molecule has 10 heteroatoms. The quantitative estimate of drug-likeness (QED) is 0.548. The molecule has 1 saturated heterocycles. The highest BCUT2D eigenvalue weighted by atomic mass is 35.5. The Hall–Kier alpha value is -2.75. The van der Waals surface area contributed by atoms with Crippen LogP contribution in [0, 0.1) is 5.92 Å². The molecule has 0 bridgehead atoms. The van der Waals surface area contributed by atoms with Crippen molar-refractivity contribution < 1.29 is 14.3 Å². The van der Waals surface area contributed by atoms with E-state index in [-0.39, 0.29) is 18.4 Å². The van der Waals surface area contributed by atoms with Crippen LogP contribution in [0.5, 0.6) is 0 Å². The number of rotatable bonds is 5. The molecule has 2 aliphatic heterocycles. The summed E-state index contributed by atoms with van der Waals surface area (Å²) in [5, 5.41) is 0.539. The summed E-state index contributed by atoms with van der Waals surface area (Å²) in [7, 11) is 1.52. The first-order valence-corrected chi connectivity index (χ1v) is 14.3. The highest BCUT2D eigenvalue weighted by molar-refractivity contribution is 6.31. The van der Waals surface area contributed by atoms with Crippen LogP contribution in [-0.2, 0) is 16.1 Å². The highest BCUT2D eigenvalue weighted by Crippen LogP contribution is 2.28. The van der Waals surface area contributed by atoms with Gasteiger partial charge in [0, 0.05) is 76.4 Å². The zero-order chi connectivity index (χ0) is 27.9. The molecular formula is C29H41ClN6O3. The van der Waals surface area contributed by atoms with E-state index in [1.807, 2.05) is 17.0 Å². The average Bonchev–Trinajstić information content (AvgIpc) is 2.96. The predicted octanol–water partition coefficient (Wildman–Crippen LogP) is 4.10. The minimum Gasteiger partial charge on any atom is -0.375 e. The average molecular weight is 557 g/mol. The number of aromatic nitrogens is 2. The summed E-state index contributed by atoms with van der Waals surface area (Å²) in [6.07, 6.45) is 6.32. The number of hydrogen-bond donors (Lipinski definition) is 0. The zero-order valence-corrected chi connectivity index (χ0v) is 24.4. The number of benzene rings is 1. The number of ether oxygens (including phenoxy) is 1. The van der Waals surface area contributed by atoms with Crippen LogP contribution in [-0.4, -0.2) is 90.6 Å². The molecule has 39 heavy (non-hydrogen) atoms. The van der Waals surface area contributed by atoms with Gasteiger partial charge < -0.3 is 19.4 Å². The Bertz CT molecular complexity index is 1120. The van der Waals surface area contributed by atoms with Crippen LogP contribution in [0.2, 0.25) is 5.02 Å². The minimum absolute atomic E-state index is 0.0257. The lowest BCUT2D eigenvalue weighted by molar-refractivity contribution is -0.122. The van der Waals surface area contributed by atoms with Gasteiger partial charge in [0.15, 0.2) is 0 Å². The number of nitrogens with zero attached hydrogens (tertiary/aromatic N) is 6. The molecule has 212 valence electrons. The molecule has 0 atom stereocenters. The van der Waals surface area contributed by atoms with Gasteiger partial charge in [-0.2, -0.15) is 0 Å². The summed E-state index contributed by atoms with van der Waals surface area (Å²) < 4.78 is 5.17. The van der Waals surface area contributed by atoms with Gasteiger partial charge >= 0.3 is 0 Å². The number of carbonyl (C=O) groups is 2. The molecule has 0 spiro atoms. The second-order valence-corrected chi connectivity index (χ2v) is 11.3.